The van der Waals surface area contributed by atoms with Crippen LogP contribution in [0.5, 0.6) is 11.5 Å². The first-order valence-corrected chi connectivity index (χ1v) is 8.91. The van der Waals surface area contributed by atoms with E-state index in [-0.39, 0.29) is 5.56 Å². The van der Waals surface area contributed by atoms with Crippen molar-refractivity contribution < 1.29 is 19.4 Å². The van der Waals surface area contributed by atoms with Gasteiger partial charge in [-0.1, -0.05) is 0 Å². The highest BCUT2D eigenvalue weighted by Crippen LogP contribution is 2.35. The predicted molar refractivity (Wildman–Crippen MR) is 97.9 cm³/mol. The van der Waals surface area contributed by atoms with Crippen molar-refractivity contribution in [1.29, 1.82) is 0 Å². The molecule has 0 saturated carbocycles. The summed E-state index contributed by atoms with van der Waals surface area (Å²) in [6.45, 7) is 4.94. The Labute approximate surface area is 154 Å². The van der Waals surface area contributed by atoms with Gasteiger partial charge in [0.15, 0.2) is 17.3 Å². The average Bonchev–Trinajstić information content (AvgIpc) is 3.14. The van der Waals surface area contributed by atoms with E-state index in [1.165, 1.54) is 23.7 Å². The number of ether oxygens (including phenoxy) is 2. The molecule has 3 rings (SSSR count). The molecule has 26 heavy (non-hydrogen) atoms. The summed E-state index contributed by atoms with van der Waals surface area (Å²) in [6, 6.07) is 5.68. The van der Waals surface area contributed by atoms with Crippen LogP contribution in [-0.4, -0.2) is 39.2 Å². The lowest BCUT2D eigenvalue weighted by Gasteiger charge is -2.11. The fraction of sp³-hybridized carbons (Fsp3) is 0.222. The van der Waals surface area contributed by atoms with E-state index in [4.69, 9.17) is 14.6 Å². The smallest absolute Gasteiger partial charge is 0.338 e. The van der Waals surface area contributed by atoms with E-state index in [0.29, 0.717) is 36.2 Å². The zero-order valence-electron chi connectivity index (χ0n) is 14.3. The summed E-state index contributed by atoms with van der Waals surface area (Å²) in [5, 5.41) is 11.5. The lowest BCUT2D eigenvalue weighted by molar-refractivity contribution is 0.0696. The van der Waals surface area contributed by atoms with Crippen molar-refractivity contribution in [3.8, 4) is 33.6 Å². The van der Waals surface area contributed by atoms with E-state index < -0.39 is 5.97 Å². The molecule has 1 N–H and O–H groups in total. The van der Waals surface area contributed by atoms with Gasteiger partial charge in [-0.2, -0.15) is 0 Å². The van der Waals surface area contributed by atoms with E-state index in [2.05, 4.69) is 15.0 Å². The molecule has 134 valence electrons. The van der Waals surface area contributed by atoms with Crippen molar-refractivity contribution in [1.82, 2.24) is 15.0 Å². The molecule has 7 nitrogen and oxygen atoms in total. The van der Waals surface area contributed by atoms with Crippen molar-refractivity contribution in [3.63, 3.8) is 0 Å². The van der Waals surface area contributed by atoms with E-state index in [9.17, 15) is 4.79 Å². The normalized spacial score (nSPS) is 10.5. The Morgan fingerprint density at radius 3 is 2.46 bits per heavy atom. The quantitative estimate of drug-likeness (QED) is 0.675. The molecule has 2 heterocycles. The van der Waals surface area contributed by atoms with Crippen LogP contribution in [0, 0.1) is 0 Å². The molecule has 0 bridgehead atoms. The number of hydrogen-bond acceptors (Lipinski definition) is 7. The van der Waals surface area contributed by atoms with Gasteiger partial charge in [0.05, 0.1) is 18.8 Å². The Hall–Kier alpha value is -3.00. The van der Waals surface area contributed by atoms with Crippen LogP contribution in [0.25, 0.3) is 22.1 Å². The summed E-state index contributed by atoms with van der Waals surface area (Å²) in [6.07, 6.45) is 2.54. The molecule has 0 aliphatic heterocycles. The van der Waals surface area contributed by atoms with Crippen molar-refractivity contribution in [3.05, 3.63) is 41.5 Å². The first-order valence-electron chi connectivity index (χ1n) is 8.03. The number of carboxylic acids is 1. The van der Waals surface area contributed by atoms with Crippen molar-refractivity contribution >= 4 is 17.3 Å². The molecule has 0 amide bonds. The zero-order chi connectivity index (χ0) is 18.5. The molecule has 0 aliphatic rings. The molecule has 0 atom stereocenters. The Kier molecular flexibility index (Phi) is 5.43. The minimum Gasteiger partial charge on any atom is -0.490 e. The lowest BCUT2D eigenvalue weighted by Crippen LogP contribution is -1.99. The summed E-state index contributed by atoms with van der Waals surface area (Å²) in [7, 11) is 0. The van der Waals surface area contributed by atoms with Gasteiger partial charge in [0.1, 0.15) is 10.7 Å². The summed E-state index contributed by atoms with van der Waals surface area (Å²) in [5.41, 5.74) is 1.53. The van der Waals surface area contributed by atoms with Crippen LogP contribution in [0.15, 0.2) is 36.0 Å². The van der Waals surface area contributed by atoms with Crippen molar-refractivity contribution in [2.45, 2.75) is 13.8 Å². The number of carboxylic acid groups (broad SMARTS) is 1. The summed E-state index contributed by atoms with van der Waals surface area (Å²) < 4.78 is 11.2. The van der Waals surface area contributed by atoms with Gasteiger partial charge in [-0.25, -0.2) is 19.7 Å². The third kappa shape index (κ3) is 3.80. The molecule has 0 unspecified atom stereocenters. The van der Waals surface area contributed by atoms with E-state index in [1.54, 1.807) is 0 Å². The summed E-state index contributed by atoms with van der Waals surface area (Å²) in [4.78, 5) is 23.6. The molecule has 0 aliphatic carbocycles. The summed E-state index contributed by atoms with van der Waals surface area (Å²) >= 11 is 1.45. The maximum atomic E-state index is 10.9. The van der Waals surface area contributed by atoms with Crippen molar-refractivity contribution in [2.24, 2.45) is 0 Å². The number of aromatic carboxylic acids is 1. The van der Waals surface area contributed by atoms with Crippen LogP contribution in [-0.2, 0) is 0 Å². The number of benzene rings is 1. The van der Waals surface area contributed by atoms with Gasteiger partial charge in [-0.3, -0.25) is 0 Å². The number of rotatable bonds is 7. The molecule has 0 fully saturated rings. The third-order valence-corrected chi connectivity index (χ3v) is 4.31. The fourth-order valence-electron chi connectivity index (χ4n) is 2.26. The highest BCUT2D eigenvalue weighted by atomic mass is 32.1. The van der Waals surface area contributed by atoms with Gasteiger partial charge in [0, 0.05) is 23.3 Å². The summed E-state index contributed by atoms with van der Waals surface area (Å²) in [5.74, 6) is 0.690. The number of nitrogens with zero attached hydrogens (tertiary/aromatic N) is 3. The number of hydrogen-bond donors (Lipinski definition) is 1. The highest BCUT2D eigenvalue weighted by Gasteiger charge is 2.13. The number of thiazole rings is 1. The Morgan fingerprint density at radius 1 is 1.12 bits per heavy atom. The third-order valence-electron chi connectivity index (χ3n) is 3.42. The minimum absolute atomic E-state index is 0.0390. The molecule has 3 aromatic rings. The maximum Gasteiger partial charge on any atom is 0.338 e. The first kappa shape index (κ1) is 17.8. The van der Waals surface area contributed by atoms with Gasteiger partial charge in [-0.15, -0.1) is 11.3 Å². The second-order valence-corrected chi connectivity index (χ2v) is 6.02. The molecule has 0 spiro atoms. The highest BCUT2D eigenvalue weighted by molar-refractivity contribution is 7.13. The molecular weight excluding hydrogens is 354 g/mol. The average molecular weight is 371 g/mol. The van der Waals surface area contributed by atoms with E-state index >= 15 is 0 Å². The maximum absolute atomic E-state index is 10.9. The molecule has 0 saturated heterocycles. The molecule has 8 heteroatoms. The zero-order valence-corrected chi connectivity index (χ0v) is 15.1. The van der Waals surface area contributed by atoms with Gasteiger partial charge < -0.3 is 14.6 Å². The molecular formula is C18H17N3O4S. The van der Waals surface area contributed by atoms with Crippen LogP contribution >= 0.6 is 11.3 Å². The molecule has 1 aromatic carbocycles. The predicted octanol–water partition coefficient (Wildman–Crippen LogP) is 3.76. The Balaban J connectivity index is 1.89. The van der Waals surface area contributed by atoms with E-state index in [0.717, 1.165) is 10.6 Å². The van der Waals surface area contributed by atoms with Crippen molar-refractivity contribution in [2.75, 3.05) is 13.2 Å². The van der Waals surface area contributed by atoms with Gasteiger partial charge in [0.2, 0.25) is 0 Å². The second-order valence-electron chi connectivity index (χ2n) is 5.17. The number of carbonyl (C=O) groups is 1. The van der Waals surface area contributed by atoms with Crippen LogP contribution < -0.4 is 9.47 Å². The standard InChI is InChI=1S/C18H17N3O4S/c1-3-24-14-6-5-11(7-15(14)25-4-2)17-21-13(10-26-17)16-19-8-12(9-20-16)18(22)23/h5-10H,3-4H2,1-2H3,(H,22,23). The fourth-order valence-corrected chi connectivity index (χ4v) is 3.06. The molecule has 0 radical (unpaired) electrons. The lowest BCUT2D eigenvalue weighted by atomic mass is 10.2. The van der Waals surface area contributed by atoms with Crippen LogP contribution in [0.1, 0.15) is 24.2 Å². The van der Waals surface area contributed by atoms with E-state index in [1.807, 2.05) is 37.4 Å². The van der Waals surface area contributed by atoms with Gasteiger partial charge >= 0.3 is 5.97 Å². The Bertz CT molecular complexity index is 909. The monoisotopic (exact) mass is 371 g/mol. The van der Waals surface area contributed by atoms with Crippen LogP contribution in [0.2, 0.25) is 0 Å². The van der Waals surface area contributed by atoms with Crippen LogP contribution in [0.4, 0.5) is 0 Å². The number of aromatic nitrogens is 3. The topological polar surface area (TPSA) is 94.4 Å². The molecule has 2 aromatic heterocycles. The Morgan fingerprint density at radius 2 is 1.81 bits per heavy atom. The second kappa shape index (κ2) is 7.92. The van der Waals surface area contributed by atoms with Gasteiger partial charge in [-0.05, 0) is 32.0 Å². The first-order chi connectivity index (χ1) is 12.6. The SMILES string of the molecule is CCOc1ccc(-c2nc(-c3ncc(C(=O)O)cn3)cs2)cc1OCC. The van der Waals surface area contributed by atoms with Gasteiger partial charge in [0.25, 0.3) is 0 Å². The minimum atomic E-state index is -1.06. The van der Waals surface area contributed by atoms with Crippen LogP contribution in [0.3, 0.4) is 0 Å². The largest absolute Gasteiger partial charge is 0.490 e.